The highest BCUT2D eigenvalue weighted by Crippen LogP contribution is 2.32. The van der Waals surface area contributed by atoms with Crippen molar-refractivity contribution in [3.8, 4) is 0 Å². The van der Waals surface area contributed by atoms with E-state index in [2.05, 4.69) is 26.5 Å². The van der Waals surface area contributed by atoms with E-state index in [9.17, 15) is 4.79 Å². The van der Waals surface area contributed by atoms with Crippen LogP contribution >= 0.6 is 0 Å². The fourth-order valence-corrected chi connectivity index (χ4v) is 2.55. The van der Waals surface area contributed by atoms with Crippen LogP contribution in [0.3, 0.4) is 0 Å². The van der Waals surface area contributed by atoms with Gasteiger partial charge in [0, 0.05) is 5.57 Å². The molecule has 1 aliphatic carbocycles. The summed E-state index contributed by atoms with van der Waals surface area (Å²) in [4.78, 5) is 11.9. The molecule has 2 nitrogen and oxygen atoms in total. The third-order valence-electron chi connectivity index (χ3n) is 4.11. The van der Waals surface area contributed by atoms with Crippen LogP contribution in [0.2, 0.25) is 0 Å². The number of hydrogen-bond donors (Lipinski definition) is 0. The zero-order chi connectivity index (χ0) is 13.5. The quantitative estimate of drug-likeness (QED) is 0.417. The fourth-order valence-electron chi connectivity index (χ4n) is 2.55. The summed E-state index contributed by atoms with van der Waals surface area (Å²) in [5.41, 5.74) is 0.887. The van der Waals surface area contributed by atoms with E-state index in [1.807, 2.05) is 6.08 Å². The molecule has 0 radical (unpaired) electrons. The Hall–Kier alpha value is -1.05. The number of methoxy groups -OCH3 is 1. The molecule has 0 aromatic rings. The second kappa shape index (κ2) is 7.40. The summed E-state index contributed by atoms with van der Waals surface area (Å²) >= 11 is 0. The number of esters is 1. The maximum atomic E-state index is 11.9. The highest BCUT2D eigenvalue weighted by Gasteiger charge is 2.24. The van der Waals surface area contributed by atoms with Crippen LogP contribution in [-0.2, 0) is 9.53 Å². The maximum Gasteiger partial charge on any atom is 0.333 e. The van der Waals surface area contributed by atoms with Gasteiger partial charge < -0.3 is 4.74 Å². The number of ether oxygens (including phenoxy) is 1. The van der Waals surface area contributed by atoms with E-state index in [-0.39, 0.29) is 5.97 Å². The average molecular weight is 250 g/mol. The van der Waals surface area contributed by atoms with Crippen molar-refractivity contribution in [1.82, 2.24) is 0 Å². The van der Waals surface area contributed by atoms with E-state index in [4.69, 9.17) is 4.74 Å². The van der Waals surface area contributed by atoms with E-state index >= 15 is 0 Å². The number of rotatable bonds is 5. The largest absolute Gasteiger partial charge is 0.466 e. The number of carbonyl (C=O) groups is 1. The molecule has 0 spiro atoms. The molecule has 0 aromatic carbocycles. The Labute approximate surface area is 111 Å². The van der Waals surface area contributed by atoms with Crippen LogP contribution in [0.4, 0.5) is 0 Å². The van der Waals surface area contributed by atoms with Crippen molar-refractivity contribution in [3.05, 3.63) is 24.3 Å². The lowest BCUT2D eigenvalue weighted by Gasteiger charge is -2.24. The van der Waals surface area contributed by atoms with Crippen LogP contribution in [0, 0.1) is 17.8 Å². The Kier molecular flexibility index (Phi) is 6.17. The minimum absolute atomic E-state index is 0.148. The smallest absolute Gasteiger partial charge is 0.333 e. The molecule has 2 heteroatoms. The lowest BCUT2D eigenvalue weighted by molar-refractivity contribution is -0.136. The van der Waals surface area contributed by atoms with E-state index in [0.29, 0.717) is 17.8 Å². The normalized spacial score (nSPS) is 21.2. The first-order valence-electron chi connectivity index (χ1n) is 7.02. The Morgan fingerprint density at radius 2 is 1.83 bits per heavy atom. The van der Waals surface area contributed by atoms with E-state index in [1.165, 1.54) is 26.4 Å². The fraction of sp³-hybridized carbons (Fsp3) is 0.688. The lowest BCUT2D eigenvalue weighted by Crippen LogP contribution is -2.19. The predicted octanol–water partition coefficient (Wildman–Crippen LogP) is 4.12. The van der Waals surface area contributed by atoms with E-state index < -0.39 is 0 Å². The number of carbonyl (C=O) groups excluding carboxylic acids is 1. The van der Waals surface area contributed by atoms with Gasteiger partial charge in [-0.1, -0.05) is 45.3 Å². The van der Waals surface area contributed by atoms with Crippen molar-refractivity contribution in [3.63, 3.8) is 0 Å². The van der Waals surface area contributed by atoms with Gasteiger partial charge in [-0.05, 0) is 30.6 Å². The first-order chi connectivity index (χ1) is 8.60. The third kappa shape index (κ3) is 4.01. The number of allylic oxidation sites excluding steroid dienone is 2. The average Bonchev–Trinajstić information content (AvgIpc) is 2.43. The number of hydrogen-bond acceptors (Lipinski definition) is 2. The molecule has 0 aliphatic heterocycles. The molecule has 1 fully saturated rings. The van der Waals surface area contributed by atoms with Crippen molar-refractivity contribution < 1.29 is 9.53 Å². The molecule has 0 heterocycles. The summed E-state index contributed by atoms with van der Waals surface area (Å²) in [6.07, 6.45) is 10.0. The molecule has 2 unspecified atom stereocenters. The molecule has 0 amide bonds. The van der Waals surface area contributed by atoms with Gasteiger partial charge >= 0.3 is 5.97 Å². The molecule has 0 bridgehead atoms. The molecule has 0 saturated heterocycles. The summed E-state index contributed by atoms with van der Waals surface area (Å²) in [5.74, 6) is 0.961. The van der Waals surface area contributed by atoms with Gasteiger partial charge in [0.2, 0.25) is 0 Å². The van der Waals surface area contributed by atoms with E-state index in [0.717, 1.165) is 18.4 Å². The predicted molar refractivity (Wildman–Crippen MR) is 75.2 cm³/mol. The van der Waals surface area contributed by atoms with Gasteiger partial charge in [-0.2, -0.15) is 0 Å². The molecule has 1 saturated carbocycles. The zero-order valence-electron chi connectivity index (χ0n) is 11.9. The van der Waals surface area contributed by atoms with Gasteiger partial charge in [0.1, 0.15) is 0 Å². The molecular weight excluding hydrogens is 224 g/mol. The Bertz CT molecular complexity index is 311. The van der Waals surface area contributed by atoms with Gasteiger partial charge in [0.05, 0.1) is 7.11 Å². The van der Waals surface area contributed by atoms with Crippen molar-refractivity contribution >= 4 is 5.97 Å². The molecule has 1 rings (SSSR count). The molecule has 1 aliphatic rings. The second-order valence-electron chi connectivity index (χ2n) is 5.40. The van der Waals surface area contributed by atoms with Gasteiger partial charge in [-0.15, -0.1) is 6.58 Å². The van der Waals surface area contributed by atoms with Crippen LogP contribution in [0.25, 0.3) is 0 Å². The van der Waals surface area contributed by atoms with Gasteiger partial charge in [-0.3, -0.25) is 0 Å². The standard InChI is InChI=1S/C16H26O2/c1-5-12(2)13(3)11-15(16(17)18-4)14-9-7-6-8-10-14/h5,11-14H,1,6-10H2,2-4H3. The summed E-state index contributed by atoms with van der Waals surface area (Å²) in [6.45, 7) is 8.09. The van der Waals surface area contributed by atoms with Crippen LogP contribution < -0.4 is 0 Å². The van der Waals surface area contributed by atoms with Crippen molar-refractivity contribution in [2.45, 2.75) is 46.0 Å². The lowest BCUT2D eigenvalue weighted by atomic mass is 9.81. The summed E-state index contributed by atoms with van der Waals surface area (Å²) in [6, 6.07) is 0. The van der Waals surface area contributed by atoms with Crippen molar-refractivity contribution in [2.24, 2.45) is 17.8 Å². The zero-order valence-corrected chi connectivity index (χ0v) is 11.9. The SMILES string of the molecule is C=CC(C)C(C)C=C(C(=O)OC)C1CCCCC1. The molecular formula is C16H26O2. The first kappa shape index (κ1) is 15.0. The van der Waals surface area contributed by atoms with Gasteiger partial charge in [-0.25, -0.2) is 4.79 Å². The van der Waals surface area contributed by atoms with Crippen LogP contribution in [0.1, 0.15) is 46.0 Å². The molecule has 0 aromatic heterocycles. The Morgan fingerprint density at radius 3 is 2.33 bits per heavy atom. The topological polar surface area (TPSA) is 26.3 Å². The van der Waals surface area contributed by atoms with E-state index in [1.54, 1.807) is 0 Å². The minimum Gasteiger partial charge on any atom is -0.466 e. The molecule has 0 N–H and O–H groups in total. The van der Waals surface area contributed by atoms with Crippen molar-refractivity contribution in [1.29, 1.82) is 0 Å². The van der Waals surface area contributed by atoms with Gasteiger partial charge in [0.25, 0.3) is 0 Å². The first-order valence-corrected chi connectivity index (χ1v) is 7.02. The van der Waals surface area contributed by atoms with Crippen molar-refractivity contribution in [2.75, 3.05) is 7.11 Å². The van der Waals surface area contributed by atoms with Crippen LogP contribution in [0.15, 0.2) is 24.3 Å². The van der Waals surface area contributed by atoms with Gasteiger partial charge in [0.15, 0.2) is 0 Å². The maximum absolute atomic E-state index is 11.9. The Morgan fingerprint density at radius 1 is 1.22 bits per heavy atom. The van der Waals surface area contributed by atoms with Crippen LogP contribution in [0.5, 0.6) is 0 Å². The monoisotopic (exact) mass is 250 g/mol. The second-order valence-corrected chi connectivity index (χ2v) is 5.40. The third-order valence-corrected chi connectivity index (χ3v) is 4.11. The van der Waals surface area contributed by atoms with Crippen LogP contribution in [-0.4, -0.2) is 13.1 Å². The summed E-state index contributed by atoms with van der Waals surface area (Å²) < 4.78 is 4.95. The highest BCUT2D eigenvalue weighted by molar-refractivity contribution is 5.89. The highest BCUT2D eigenvalue weighted by atomic mass is 16.5. The summed E-state index contributed by atoms with van der Waals surface area (Å²) in [7, 11) is 1.47. The molecule has 2 atom stereocenters. The summed E-state index contributed by atoms with van der Waals surface area (Å²) in [5, 5.41) is 0. The Balaban J connectivity index is 2.85. The molecule has 18 heavy (non-hydrogen) atoms. The minimum atomic E-state index is -0.148. The molecule has 102 valence electrons.